The predicted molar refractivity (Wildman–Crippen MR) is 95.5 cm³/mol. The maximum absolute atomic E-state index is 13.3. The van der Waals surface area contributed by atoms with Crippen LogP contribution in [-0.2, 0) is 11.3 Å². The van der Waals surface area contributed by atoms with Gasteiger partial charge in [0.05, 0.1) is 5.69 Å². The summed E-state index contributed by atoms with van der Waals surface area (Å²) in [6.07, 6.45) is 5.06. The van der Waals surface area contributed by atoms with Gasteiger partial charge < -0.3 is 5.32 Å². The van der Waals surface area contributed by atoms with Gasteiger partial charge in [-0.25, -0.2) is 9.07 Å². The number of hydrogen-bond donors (Lipinski definition) is 1. The lowest BCUT2D eigenvalue weighted by Gasteiger charge is -2.07. The molecule has 0 fully saturated rings. The summed E-state index contributed by atoms with van der Waals surface area (Å²) in [5.74, 6) is -0.535. The smallest absolute Gasteiger partial charge is 0.244 e. The molecule has 1 amide bonds. The fourth-order valence-corrected chi connectivity index (χ4v) is 2.48. The summed E-state index contributed by atoms with van der Waals surface area (Å²) in [6.45, 7) is 2.19. The number of nitrogens with one attached hydrogen (secondary N) is 1. The predicted octanol–water partition coefficient (Wildman–Crippen LogP) is 3.73. The van der Waals surface area contributed by atoms with Gasteiger partial charge in [0, 0.05) is 25.0 Å². The fraction of sp³-hybridized carbons (Fsp3) is 0.100. The molecule has 0 radical (unpaired) electrons. The number of nitrogens with zero attached hydrogens (tertiary/aromatic N) is 2. The van der Waals surface area contributed by atoms with E-state index in [4.69, 9.17) is 0 Å². The molecule has 3 aromatic rings. The van der Waals surface area contributed by atoms with Crippen LogP contribution in [0.4, 0.5) is 4.39 Å². The highest BCUT2D eigenvalue weighted by atomic mass is 19.1. The SMILES string of the molecule is C/C(=C/C(=O)NCc1cccc(-n2cccn2)c1)c1cccc(F)c1. The summed E-state index contributed by atoms with van der Waals surface area (Å²) in [7, 11) is 0. The Hall–Kier alpha value is -3.21. The molecule has 0 saturated carbocycles. The molecule has 5 heteroatoms. The molecule has 0 aliphatic heterocycles. The number of amides is 1. The minimum atomic E-state index is -0.318. The van der Waals surface area contributed by atoms with Gasteiger partial charge in [0.2, 0.25) is 5.91 Å². The molecule has 2 aromatic carbocycles. The molecule has 25 heavy (non-hydrogen) atoms. The van der Waals surface area contributed by atoms with Crippen molar-refractivity contribution < 1.29 is 9.18 Å². The summed E-state index contributed by atoms with van der Waals surface area (Å²) in [5.41, 5.74) is 3.31. The van der Waals surface area contributed by atoms with Crippen LogP contribution in [0.15, 0.2) is 73.1 Å². The zero-order valence-corrected chi connectivity index (χ0v) is 13.8. The number of aromatic nitrogens is 2. The first-order chi connectivity index (χ1) is 12.1. The second kappa shape index (κ2) is 7.57. The summed E-state index contributed by atoms with van der Waals surface area (Å²) in [6, 6.07) is 15.8. The number of carbonyl (C=O) groups excluding carboxylic acids is 1. The Balaban J connectivity index is 1.64. The van der Waals surface area contributed by atoms with Crippen LogP contribution in [-0.4, -0.2) is 15.7 Å². The third-order valence-corrected chi connectivity index (χ3v) is 3.77. The maximum Gasteiger partial charge on any atom is 0.244 e. The maximum atomic E-state index is 13.3. The molecule has 1 heterocycles. The van der Waals surface area contributed by atoms with Crippen molar-refractivity contribution >= 4 is 11.5 Å². The van der Waals surface area contributed by atoms with Gasteiger partial charge in [-0.1, -0.05) is 24.3 Å². The number of halogens is 1. The molecular formula is C20H18FN3O. The molecule has 0 unspecified atom stereocenters. The quantitative estimate of drug-likeness (QED) is 0.722. The Labute approximate surface area is 145 Å². The Morgan fingerprint density at radius 2 is 2.04 bits per heavy atom. The van der Waals surface area contributed by atoms with Crippen molar-refractivity contribution in [1.29, 1.82) is 0 Å². The second-order valence-electron chi connectivity index (χ2n) is 5.68. The van der Waals surface area contributed by atoms with E-state index in [-0.39, 0.29) is 11.7 Å². The summed E-state index contributed by atoms with van der Waals surface area (Å²) in [5, 5.41) is 7.04. The molecule has 0 bridgehead atoms. The van der Waals surface area contributed by atoms with Gasteiger partial charge in [-0.2, -0.15) is 5.10 Å². The van der Waals surface area contributed by atoms with Gasteiger partial charge >= 0.3 is 0 Å². The third-order valence-electron chi connectivity index (χ3n) is 3.77. The van der Waals surface area contributed by atoms with Gasteiger partial charge in [0.15, 0.2) is 0 Å². The van der Waals surface area contributed by atoms with E-state index in [1.807, 2.05) is 36.5 Å². The van der Waals surface area contributed by atoms with Crippen LogP contribution in [0.5, 0.6) is 0 Å². The summed E-state index contributed by atoms with van der Waals surface area (Å²) >= 11 is 0. The topological polar surface area (TPSA) is 46.9 Å². The first-order valence-corrected chi connectivity index (χ1v) is 7.93. The van der Waals surface area contributed by atoms with Gasteiger partial charge in [-0.3, -0.25) is 4.79 Å². The molecule has 126 valence electrons. The minimum absolute atomic E-state index is 0.216. The van der Waals surface area contributed by atoms with Crippen molar-refractivity contribution in [2.45, 2.75) is 13.5 Å². The molecule has 1 aromatic heterocycles. The van der Waals surface area contributed by atoms with E-state index < -0.39 is 0 Å². The lowest BCUT2D eigenvalue weighted by molar-refractivity contribution is -0.116. The van der Waals surface area contributed by atoms with E-state index in [1.54, 1.807) is 29.9 Å². The Morgan fingerprint density at radius 3 is 2.80 bits per heavy atom. The fourth-order valence-electron chi connectivity index (χ4n) is 2.48. The highest BCUT2D eigenvalue weighted by molar-refractivity contribution is 5.94. The van der Waals surface area contributed by atoms with Crippen molar-refractivity contribution in [1.82, 2.24) is 15.1 Å². The van der Waals surface area contributed by atoms with Crippen LogP contribution >= 0.6 is 0 Å². The van der Waals surface area contributed by atoms with Gasteiger partial charge in [0.25, 0.3) is 0 Å². The number of benzene rings is 2. The Bertz CT molecular complexity index is 901. The van der Waals surface area contributed by atoms with Crippen LogP contribution < -0.4 is 5.32 Å². The van der Waals surface area contributed by atoms with Crippen molar-refractivity contribution in [3.63, 3.8) is 0 Å². The van der Waals surface area contributed by atoms with Gasteiger partial charge in [-0.15, -0.1) is 0 Å². The van der Waals surface area contributed by atoms with Crippen LogP contribution in [0.2, 0.25) is 0 Å². The first-order valence-electron chi connectivity index (χ1n) is 7.93. The molecule has 0 spiro atoms. The van der Waals surface area contributed by atoms with E-state index in [0.717, 1.165) is 11.3 Å². The van der Waals surface area contributed by atoms with E-state index in [0.29, 0.717) is 17.7 Å². The van der Waals surface area contributed by atoms with Crippen molar-refractivity contribution in [2.75, 3.05) is 0 Å². The summed E-state index contributed by atoms with van der Waals surface area (Å²) in [4.78, 5) is 12.1. The average molecular weight is 335 g/mol. The van der Waals surface area contributed by atoms with Crippen LogP contribution in [0.3, 0.4) is 0 Å². The van der Waals surface area contributed by atoms with Gasteiger partial charge in [-0.05, 0) is 54.0 Å². The molecule has 0 aliphatic rings. The van der Waals surface area contributed by atoms with Crippen molar-refractivity contribution in [3.8, 4) is 5.69 Å². The van der Waals surface area contributed by atoms with Crippen LogP contribution in [0.25, 0.3) is 11.3 Å². The number of rotatable bonds is 5. The van der Waals surface area contributed by atoms with E-state index in [9.17, 15) is 9.18 Å². The first kappa shape index (κ1) is 16.6. The normalized spacial score (nSPS) is 11.4. The van der Waals surface area contributed by atoms with Gasteiger partial charge in [0.1, 0.15) is 5.82 Å². The molecule has 0 saturated heterocycles. The lowest BCUT2D eigenvalue weighted by Crippen LogP contribution is -2.20. The molecule has 4 nitrogen and oxygen atoms in total. The highest BCUT2D eigenvalue weighted by Crippen LogP contribution is 2.14. The zero-order chi connectivity index (χ0) is 17.6. The number of hydrogen-bond acceptors (Lipinski definition) is 2. The lowest BCUT2D eigenvalue weighted by atomic mass is 10.1. The molecule has 0 atom stereocenters. The molecule has 0 aliphatic carbocycles. The number of carbonyl (C=O) groups is 1. The van der Waals surface area contributed by atoms with E-state index in [2.05, 4.69) is 10.4 Å². The molecule has 3 rings (SSSR count). The Morgan fingerprint density at radius 1 is 1.20 bits per heavy atom. The van der Waals surface area contributed by atoms with Crippen molar-refractivity contribution in [2.24, 2.45) is 0 Å². The zero-order valence-electron chi connectivity index (χ0n) is 13.8. The summed E-state index contributed by atoms with van der Waals surface area (Å²) < 4.78 is 15.0. The largest absolute Gasteiger partial charge is 0.348 e. The average Bonchev–Trinajstić information content (AvgIpc) is 3.15. The highest BCUT2D eigenvalue weighted by Gasteiger charge is 2.03. The second-order valence-corrected chi connectivity index (χ2v) is 5.68. The number of allylic oxidation sites excluding steroid dienone is 1. The minimum Gasteiger partial charge on any atom is -0.348 e. The third kappa shape index (κ3) is 4.41. The van der Waals surface area contributed by atoms with Crippen LogP contribution in [0.1, 0.15) is 18.1 Å². The molecule has 1 N–H and O–H groups in total. The monoisotopic (exact) mass is 335 g/mol. The van der Waals surface area contributed by atoms with E-state index >= 15 is 0 Å². The standard InChI is InChI=1S/C20H18FN3O/c1-15(17-6-3-7-18(21)13-17)11-20(25)22-14-16-5-2-8-19(12-16)24-10-4-9-23-24/h2-13H,14H2,1H3,(H,22,25)/b15-11-. The Kier molecular flexibility index (Phi) is 5.04. The van der Waals surface area contributed by atoms with E-state index in [1.165, 1.54) is 18.2 Å². The van der Waals surface area contributed by atoms with Crippen molar-refractivity contribution in [3.05, 3.63) is 90.0 Å². The van der Waals surface area contributed by atoms with Crippen LogP contribution in [0, 0.1) is 5.82 Å². The molecular weight excluding hydrogens is 317 g/mol.